The molecule has 27 valence electrons. The van der Waals surface area contributed by atoms with Gasteiger partial charge >= 0.3 is 0 Å². The van der Waals surface area contributed by atoms with Gasteiger partial charge in [-0.3, -0.25) is 0 Å². The van der Waals surface area contributed by atoms with E-state index >= 15 is 0 Å². The molecule has 0 amide bonds. The molecule has 0 rings (SSSR count). The summed E-state index contributed by atoms with van der Waals surface area (Å²) >= 11 is 4.33. The summed E-state index contributed by atoms with van der Waals surface area (Å²) in [4.78, 5) is 0. The van der Waals surface area contributed by atoms with Crippen molar-refractivity contribution in [3.05, 3.63) is 12.7 Å². The highest BCUT2D eigenvalue weighted by atomic mass is 32.1. The fraction of sp³-hybridized carbons (Fsp3) is 0.250. The average molecular weight is 85.2 g/mol. The Hall–Kier alpha value is -0.170. The van der Waals surface area contributed by atoms with Gasteiger partial charge in [-0.05, 0) is 0 Å². The number of hydrogen-bond donors (Lipinski definition) is 0. The van der Waals surface area contributed by atoms with Gasteiger partial charge in [-0.1, -0.05) is 18.3 Å². The van der Waals surface area contributed by atoms with Crippen molar-refractivity contribution >= 4 is 17.6 Å². The fourth-order valence-electron chi connectivity index (χ4n) is 0.0589. The summed E-state index contributed by atoms with van der Waals surface area (Å²) in [5.74, 6) is 0. The minimum absolute atomic E-state index is 0.718. The Bertz CT molecular complexity index is 32.9. The molecule has 0 aromatic heterocycles. The van der Waals surface area contributed by atoms with Crippen molar-refractivity contribution in [2.24, 2.45) is 0 Å². The highest BCUT2D eigenvalue weighted by Gasteiger charge is 1.56. The predicted octanol–water partition coefficient (Wildman–Crippen LogP) is 1.44. The molecule has 0 bridgehead atoms. The Morgan fingerprint density at radius 3 is 2.60 bits per heavy atom. The van der Waals surface area contributed by atoms with E-state index in [-0.39, 0.29) is 0 Å². The van der Waals surface area contributed by atoms with E-state index in [0.717, 1.165) is 6.42 Å². The first-order valence-corrected chi connectivity index (χ1v) is 1.78. The molecular weight excluding hydrogens is 80.1 g/mol. The summed E-state index contributed by atoms with van der Waals surface area (Å²) in [7, 11) is 0. The van der Waals surface area contributed by atoms with Gasteiger partial charge in [0.05, 0.1) is 0 Å². The zero-order chi connectivity index (χ0) is 4.12. The first kappa shape index (κ1) is 4.83. The van der Waals surface area contributed by atoms with E-state index in [1.807, 2.05) is 0 Å². The Balaban J connectivity index is 2.65. The Morgan fingerprint density at radius 2 is 2.60 bits per heavy atom. The lowest BCUT2D eigenvalue weighted by molar-refractivity contribution is 1.60. The van der Waals surface area contributed by atoms with Gasteiger partial charge in [0.25, 0.3) is 0 Å². The second kappa shape index (κ2) is 3.83. The van der Waals surface area contributed by atoms with E-state index in [2.05, 4.69) is 24.2 Å². The van der Waals surface area contributed by atoms with Crippen LogP contribution in [0.4, 0.5) is 0 Å². The van der Waals surface area contributed by atoms with Gasteiger partial charge < -0.3 is 0 Å². The van der Waals surface area contributed by atoms with E-state index < -0.39 is 0 Å². The van der Waals surface area contributed by atoms with Crippen molar-refractivity contribution in [3.8, 4) is 0 Å². The lowest BCUT2D eigenvalue weighted by Crippen LogP contribution is -1.54. The summed E-state index contributed by atoms with van der Waals surface area (Å²) in [6.07, 6.45) is 2.43. The zero-order valence-electron chi connectivity index (χ0n) is 2.90. The maximum atomic E-state index is 4.33. The topological polar surface area (TPSA) is 0 Å². The number of allylic oxidation sites excluding steroid dienone is 1. The van der Waals surface area contributed by atoms with Crippen molar-refractivity contribution in [1.29, 1.82) is 0 Å². The van der Waals surface area contributed by atoms with E-state index in [1.54, 1.807) is 6.08 Å². The number of thiocarbonyl (C=S) groups is 1. The Labute approximate surface area is 37.5 Å². The van der Waals surface area contributed by atoms with E-state index in [9.17, 15) is 0 Å². The molecule has 0 fully saturated rings. The van der Waals surface area contributed by atoms with Gasteiger partial charge in [-0.25, -0.2) is 0 Å². The quantitative estimate of drug-likeness (QED) is 0.361. The third-order valence-electron chi connectivity index (χ3n) is 0.228. The van der Waals surface area contributed by atoms with Crippen LogP contribution in [0.3, 0.4) is 0 Å². The van der Waals surface area contributed by atoms with Crippen LogP contribution in [-0.4, -0.2) is 5.37 Å². The van der Waals surface area contributed by atoms with Crippen LogP contribution < -0.4 is 0 Å². The molecule has 0 aliphatic rings. The lowest BCUT2D eigenvalue weighted by atomic mass is 10.5. The molecule has 0 aromatic rings. The molecule has 0 spiro atoms. The first-order chi connectivity index (χ1) is 2.41. The smallest absolute Gasteiger partial charge is 0.0332 e. The van der Waals surface area contributed by atoms with Crippen molar-refractivity contribution in [3.63, 3.8) is 0 Å². The summed E-state index contributed by atoms with van der Waals surface area (Å²) in [6, 6.07) is 0. The van der Waals surface area contributed by atoms with Gasteiger partial charge in [0, 0.05) is 11.8 Å². The first-order valence-electron chi connectivity index (χ1n) is 1.37. The Kier molecular flexibility index (Phi) is 3.70. The van der Waals surface area contributed by atoms with Gasteiger partial charge in [0.1, 0.15) is 0 Å². The van der Waals surface area contributed by atoms with Gasteiger partial charge in [0.2, 0.25) is 0 Å². The van der Waals surface area contributed by atoms with Crippen molar-refractivity contribution in [2.45, 2.75) is 6.42 Å². The molecule has 0 atom stereocenters. The molecular formula is C4H5S. The standard InChI is InChI=1S/C4H5S/c1-2-3-4-5/h2H,1,3H2. The molecule has 0 saturated carbocycles. The predicted molar refractivity (Wildman–Crippen MR) is 27.4 cm³/mol. The van der Waals surface area contributed by atoms with Gasteiger partial charge in [-0.2, -0.15) is 0 Å². The van der Waals surface area contributed by atoms with E-state index in [1.165, 1.54) is 0 Å². The average Bonchev–Trinajstić information content (AvgIpc) is 1.41. The molecule has 0 aliphatic heterocycles. The highest BCUT2D eigenvalue weighted by Crippen LogP contribution is 1.67. The van der Waals surface area contributed by atoms with Crippen molar-refractivity contribution < 1.29 is 0 Å². The third kappa shape index (κ3) is 3.83. The minimum atomic E-state index is 0.718. The summed E-state index contributed by atoms with van der Waals surface area (Å²) in [5, 5.41) is 2.48. The third-order valence-corrected chi connectivity index (χ3v) is 0.394. The van der Waals surface area contributed by atoms with Crippen LogP contribution in [-0.2, 0) is 0 Å². The zero-order valence-corrected chi connectivity index (χ0v) is 3.72. The SMILES string of the molecule is C=CC[C]=S. The van der Waals surface area contributed by atoms with E-state index in [0.29, 0.717) is 0 Å². The minimum Gasteiger partial charge on any atom is -0.103 e. The molecule has 0 unspecified atom stereocenters. The summed E-state index contributed by atoms with van der Waals surface area (Å²) in [6.45, 7) is 3.42. The highest BCUT2D eigenvalue weighted by molar-refractivity contribution is 7.78. The monoisotopic (exact) mass is 85.0 g/mol. The molecule has 0 nitrogen and oxygen atoms in total. The van der Waals surface area contributed by atoms with Crippen LogP contribution in [0.25, 0.3) is 0 Å². The molecule has 1 radical (unpaired) electrons. The number of hydrogen-bond acceptors (Lipinski definition) is 1. The molecule has 5 heavy (non-hydrogen) atoms. The number of rotatable bonds is 2. The van der Waals surface area contributed by atoms with Crippen LogP contribution >= 0.6 is 12.2 Å². The maximum Gasteiger partial charge on any atom is 0.0332 e. The molecule has 0 saturated heterocycles. The molecule has 0 aromatic carbocycles. The largest absolute Gasteiger partial charge is 0.103 e. The molecule has 0 heterocycles. The van der Waals surface area contributed by atoms with Crippen molar-refractivity contribution in [2.75, 3.05) is 0 Å². The Morgan fingerprint density at radius 1 is 2.00 bits per heavy atom. The molecule has 0 N–H and O–H groups in total. The lowest BCUT2D eigenvalue weighted by Gasteiger charge is -1.60. The fourth-order valence-corrected chi connectivity index (χ4v) is 0.177. The molecule has 1 heteroatoms. The summed E-state index contributed by atoms with van der Waals surface area (Å²) in [5.41, 5.74) is 0. The van der Waals surface area contributed by atoms with Crippen LogP contribution in [0.2, 0.25) is 0 Å². The van der Waals surface area contributed by atoms with Gasteiger partial charge in [0.15, 0.2) is 0 Å². The van der Waals surface area contributed by atoms with Crippen LogP contribution in [0.1, 0.15) is 6.42 Å². The van der Waals surface area contributed by atoms with E-state index in [4.69, 9.17) is 0 Å². The van der Waals surface area contributed by atoms with Crippen molar-refractivity contribution in [1.82, 2.24) is 0 Å². The van der Waals surface area contributed by atoms with Gasteiger partial charge in [-0.15, -0.1) is 6.58 Å². The van der Waals surface area contributed by atoms with Crippen LogP contribution in [0.5, 0.6) is 0 Å². The van der Waals surface area contributed by atoms with Crippen LogP contribution in [0.15, 0.2) is 12.7 Å². The second-order valence-corrected chi connectivity index (χ2v) is 0.926. The summed E-state index contributed by atoms with van der Waals surface area (Å²) < 4.78 is 0. The normalized spacial score (nSPS) is 6.40. The maximum absolute atomic E-state index is 4.33. The molecule has 0 aliphatic carbocycles. The second-order valence-electron chi connectivity index (χ2n) is 0.637. The van der Waals surface area contributed by atoms with Crippen LogP contribution in [0, 0.1) is 0 Å².